The van der Waals surface area contributed by atoms with Crippen LogP contribution in [-0.4, -0.2) is 61.6 Å². The van der Waals surface area contributed by atoms with E-state index >= 15 is 0 Å². The van der Waals surface area contributed by atoms with Gasteiger partial charge in [-0.1, -0.05) is 18.2 Å². The number of carbonyl (C=O) groups is 1. The number of hydrogen-bond acceptors (Lipinski definition) is 3. The molecule has 2 heterocycles. The molecule has 1 amide bonds. The maximum Gasteiger partial charge on any atom is 0.253 e. The summed E-state index contributed by atoms with van der Waals surface area (Å²) < 4.78 is 5.42. The van der Waals surface area contributed by atoms with Crippen LogP contribution < -0.4 is 0 Å². The summed E-state index contributed by atoms with van der Waals surface area (Å²) in [5, 5.41) is 0. The van der Waals surface area contributed by atoms with Crippen molar-refractivity contribution in [3.05, 3.63) is 35.9 Å². The van der Waals surface area contributed by atoms with Crippen molar-refractivity contribution in [1.82, 2.24) is 9.80 Å². The molecule has 1 aromatic carbocycles. The highest BCUT2D eigenvalue weighted by Gasteiger charge is 2.23. The van der Waals surface area contributed by atoms with E-state index in [0.717, 1.165) is 64.3 Å². The molecule has 22 heavy (non-hydrogen) atoms. The zero-order valence-electron chi connectivity index (χ0n) is 13.2. The lowest BCUT2D eigenvalue weighted by molar-refractivity contribution is 0.0296. The summed E-state index contributed by atoms with van der Waals surface area (Å²) in [7, 11) is 0. The average Bonchev–Trinajstić information content (AvgIpc) is 2.82. The van der Waals surface area contributed by atoms with Gasteiger partial charge in [0.1, 0.15) is 0 Å². The van der Waals surface area contributed by atoms with Gasteiger partial charge in [0.2, 0.25) is 0 Å². The van der Waals surface area contributed by atoms with Crippen molar-refractivity contribution in [2.45, 2.75) is 19.3 Å². The Balaban J connectivity index is 1.52. The number of nitrogens with zero attached hydrogens (tertiary/aromatic N) is 2. The van der Waals surface area contributed by atoms with Gasteiger partial charge < -0.3 is 9.64 Å². The van der Waals surface area contributed by atoms with E-state index in [2.05, 4.69) is 4.90 Å². The number of rotatable bonds is 3. The number of amides is 1. The minimum atomic E-state index is 0.188. The normalized spacial score (nSPS) is 24.0. The van der Waals surface area contributed by atoms with E-state index in [-0.39, 0.29) is 5.91 Å². The van der Waals surface area contributed by atoms with E-state index < -0.39 is 0 Å². The van der Waals surface area contributed by atoms with Crippen LogP contribution in [0.3, 0.4) is 0 Å². The molecule has 4 nitrogen and oxygen atoms in total. The van der Waals surface area contributed by atoms with E-state index in [0.29, 0.717) is 5.92 Å². The first-order chi connectivity index (χ1) is 10.8. The Morgan fingerprint density at radius 2 is 1.82 bits per heavy atom. The monoisotopic (exact) mass is 302 g/mol. The van der Waals surface area contributed by atoms with Gasteiger partial charge >= 0.3 is 0 Å². The molecule has 0 saturated carbocycles. The average molecular weight is 302 g/mol. The van der Waals surface area contributed by atoms with Crippen molar-refractivity contribution >= 4 is 5.91 Å². The third-order valence-corrected chi connectivity index (χ3v) is 4.78. The minimum Gasteiger partial charge on any atom is -0.379 e. The van der Waals surface area contributed by atoms with Crippen LogP contribution in [0.25, 0.3) is 0 Å². The first-order valence-corrected chi connectivity index (χ1v) is 8.47. The summed E-state index contributed by atoms with van der Waals surface area (Å²) in [6.07, 6.45) is 3.47. The van der Waals surface area contributed by atoms with Gasteiger partial charge in [0.15, 0.2) is 0 Å². The summed E-state index contributed by atoms with van der Waals surface area (Å²) >= 11 is 0. The van der Waals surface area contributed by atoms with E-state index in [9.17, 15) is 4.79 Å². The minimum absolute atomic E-state index is 0.188. The van der Waals surface area contributed by atoms with Gasteiger partial charge in [-0.05, 0) is 37.3 Å². The third-order valence-electron chi connectivity index (χ3n) is 4.78. The Labute approximate surface area is 133 Å². The predicted octanol–water partition coefficient (Wildman–Crippen LogP) is 2.26. The van der Waals surface area contributed by atoms with Crippen molar-refractivity contribution in [1.29, 1.82) is 0 Å². The van der Waals surface area contributed by atoms with Gasteiger partial charge in [-0.15, -0.1) is 0 Å². The van der Waals surface area contributed by atoms with Gasteiger partial charge in [0.25, 0.3) is 5.91 Å². The quantitative estimate of drug-likeness (QED) is 0.858. The molecular weight excluding hydrogens is 276 g/mol. The second-order valence-corrected chi connectivity index (χ2v) is 6.37. The Morgan fingerprint density at radius 3 is 2.59 bits per heavy atom. The van der Waals surface area contributed by atoms with Crippen LogP contribution in [0.15, 0.2) is 30.3 Å². The molecule has 1 atom stereocenters. The smallest absolute Gasteiger partial charge is 0.253 e. The highest BCUT2D eigenvalue weighted by Crippen LogP contribution is 2.20. The van der Waals surface area contributed by atoms with Gasteiger partial charge in [-0.25, -0.2) is 0 Å². The van der Waals surface area contributed by atoms with Crippen molar-refractivity contribution < 1.29 is 9.53 Å². The largest absolute Gasteiger partial charge is 0.379 e. The molecule has 0 N–H and O–H groups in total. The van der Waals surface area contributed by atoms with Crippen molar-refractivity contribution in [3.8, 4) is 0 Å². The van der Waals surface area contributed by atoms with Crippen molar-refractivity contribution in [2.75, 3.05) is 45.9 Å². The molecule has 4 heteroatoms. The molecule has 0 aliphatic carbocycles. The fourth-order valence-corrected chi connectivity index (χ4v) is 3.46. The highest BCUT2D eigenvalue weighted by atomic mass is 16.5. The van der Waals surface area contributed by atoms with Crippen LogP contribution in [0.5, 0.6) is 0 Å². The lowest BCUT2D eigenvalue weighted by Crippen LogP contribution is -2.39. The van der Waals surface area contributed by atoms with Crippen molar-refractivity contribution in [3.63, 3.8) is 0 Å². The Kier molecular flexibility index (Phi) is 5.46. The molecule has 0 aromatic heterocycles. The van der Waals surface area contributed by atoms with Gasteiger partial charge in [0, 0.05) is 38.3 Å². The molecule has 2 saturated heterocycles. The lowest BCUT2D eigenvalue weighted by atomic mass is 10.00. The van der Waals surface area contributed by atoms with Gasteiger partial charge in [-0.3, -0.25) is 9.69 Å². The summed E-state index contributed by atoms with van der Waals surface area (Å²) in [6, 6.07) is 9.66. The number of benzene rings is 1. The Hall–Kier alpha value is -1.39. The topological polar surface area (TPSA) is 32.8 Å². The number of likely N-dealkylation sites (tertiary alicyclic amines) is 1. The second-order valence-electron chi connectivity index (χ2n) is 6.37. The van der Waals surface area contributed by atoms with E-state index in [1.807, 2.05) is 35.2 Å². The number of hydrogen-bond donors (Lipinski definition) is 0. The lowest BCUT2D eigenvalue weighted by Gasteiger charge is -2.30. The van der Waals surface area contributed by atoms with Crippen molar-refractivity contribution in [2.24, 2.45) is 5.92 Å². The van der Waals surface area contributed by atoms with Crippen LogP contribution in [0.4, 0.5) is 0 Å². The molecule has 0 bridgehead atoms. The summed E-state index contributed by atoms with van der Waals surface area (Å²) in [5.41, 5.74) is 0.814. The van der Waals surface area contributed by atoms with E-state index in [1.54, 1.807) is 0 Å². The highest BCUT2D eigenvalue weighted by molar-refractivity contribution is 5.94. The molecule has 2 fully saturated rings. The summed E-state index contributed by atoms with van der Waals surface area (Å²) in [5.74, 6) is 0.902. The molecule has 0 spiro atoms. The number of ether oxygens (including phenoxy) is 1. The van der Waals surface area contributed by atoms with Crippen LogP contribution in [0.1, 0.15) is 29.6 Å². The Bertz CT molecular complexity index is 471. The standard InChI is InChI=1S/C18H26N2O2/c21-18(17-6-2-1-3-7-17)20-9-4-5-16(8-10-20)15-19-11-13-22-14-12-19/h1-3,6-7,16H,4-5,8-15H2. The second kappa shape index (κ2) is 7.75. The molecule has 3 rings (SSSR count). The van der Waals surface area contributed by atoms with Crippen LogP contribution in [0, 0.1) is 5.92 Å². The molecule has 1 aromatic rings. The molecule has 2 aliphatic rings. The molecule has 1 unspecified atom stereocenters. The number of morpholine rings is 1. The first kappa shape index (κ1) is 15.5. The van der Waals surface area contributed by atoms with Gasteiger partial charge in [-0.2, -0.15) is 0 Å². The fourth-order valence-electron chi connectivity index (χ4n) is 3.46. The number of carbonyl (C=O) groups excluding carboxylic acids is 1. The predicted molar refractivity (Wildman–Crippen MR) is 86.9 cm³/mol. The molecule has 0 radical (unpaired) electrons. The van der Waals surface area contributed by atoms with E-state index in [1.165, 1.54) is 6.42 Å². The zero-order chi connectivity index (χ0) is 15.2. The van der Waals surface area contributed by atoms with Gasteiger partial charge in [0.05, 0.1) is 13.2 Å². The maximum absolute atomic E-state index is 12.5. The van der Waals surface area contributed by atoms with E-state index in [4.69, 9.17) is 4.74 Å². The van der Waals surface area contributed by atoms with Crippen LogP contribution in [-0.2, 0) is 4.74 Å². The zero-order valence-corrected chi connectivity index (χ0v) is 13.2. The maximum atomic E-state index is 12.5. The first-order valence-electron chi connectivity index (χ1n) is 8.47. The molecule has 120 valence electrons. The molecule has 2 aliphatic heterocycles. The van der Waals surface area contributed by atoms with Crippen LogP contribution >= 0.6 is 0 Å². The fraction of sp³-hybridized carbons (Fsp3) is 0.611. The third kappa shape index (κ3) is 4.08. The molecular formula is C18H26N2O2. The van der Waals surface area contributed by atoms with Crippen LogP contribution in [0.2, 0.25) is 0 Å². The summed E-state index contributed by atoms with van der Waals surface area (Å²) in [4.78, 5) is 17.1. The Morgan fingerprint density at radius 1 is 1.05 bits per heavy atom. The SMILES string of the molecule is O=C(c1ccccc1)N1CCCC(CN2CCOCC2)CC1. The summed E-state index contributed by atoms with van der Waals surface area (Å²) in [6.45, 7) is 6.80.